The van der Waals surface area contributed by atoms with Gasteiger partial charge in [0, 0.05) is 0 Å². The molecule has 17 heavy (non-hydrogen) atoms. The van der Waals surface area contributed by atoms with Crippen LogP contribution in [0.2, 0.25) is 0 Å². The highest BCUT2D eigenvalue weighted by molar-refractivity contribution is 5.90. The van der Waals surface area contributed by atoms with E-state index in [-0.39, 0.29) is 5.76 Å². The molecule has 1 N–H and O–H groups in total. The predicted octanol–water partition coefficient (Wildman–Crippen LogP) is 3.07. The van der Waals surface area contributed by atoms with Gasteiger partial charge < -0.3 is 9.84 Å². The van der Waals surface area contributed by atoms with Crippen molar-refractivity contribution in [1.82, 2.24) is 0 Å². The van der Waals surface area contributed by atoms with Gasteiger partial charge in [-0.05, 0) is 56.0 Å². The topological polar surface area (TPSA) is 46.5 Å². The molecular formula is C14H18O3. The number of hydrogen-bond donors (Lipinski definition) is 1. The normalized spacial score (nSPS) is 11.4. The van der Waals surface area contributed by atoms with E-state index in [1.165, 1.54) is 5.56 Å². The van der Waals surface area contributed by atoms with Crippen LogP contribution in [0.3, 0.4) is 0 Å². The van der Waals surface area contributed by atoms with Crippen molar-refractivity contribution in [2.24, 2.45) is 0 Å². The van der Waals surface area contributed by atoms with Crippen LogP contribution >= 0.6 is 0 Å². The van der Waals surface area contributed by atoms with E-state index in [9.17, 15) is 4.79 Å². The molecular weight excluding hydrogens is 216 g/mol. The molecule has 0 radical (unpaired) electrons. The Bertz CT molecular complexity index is 459. The molecule has 0 amide bonds. The van der Waals surface area contributed by atoms with Gasteiger partial charge in [0.25, 0.3) is 0 Å². The Balaban J connectivity index is 3.19. The van der Waals surface area contributed by atoms with Crippen molar-refractivity contribution in [1.29, 1.82) is 0 Å². The maximum atomic E-state index is 11.0. The summed E-state index contributed by atoms with van der Waals surface area (Å²) in [6, 6.07) is 4.03. The van der Waals surface area contributed by atoms with Gasteiger partial charge in [0.15, 0.2) is 0 Å². The Labute approximate surface area is 102 Å². The lowest BCUT2D eigenvalue weighted by atomic mass is 10.0. The largest absolute Gasteiger partial charge is 0.487 e. The zero-order chi connectivity index (χ0) is 13.0. The molecule has 0 saturated carbocycles. The summed E-state index contributed by atoms with van der Waals surface area (Å²) in [7, 11) is 0. The minimum atomic E-state index is -1.04. The molecule has 0 aromatic heterocycles. The number of hydrogen-bond acceptors (Lipinski definition) is 2. The summed E-state index contributed by atoms with van der Waals surface area (Å²) >= 11 is 0. The van der Waals surface area contributed by atoms with Crippen molar-refractivity contribution >= 4 is 12.0 Å². The van der Waals surface area contributed by atoms with Crippen molar-refractivity contribution in [3.8, 4) is 0 Å². The average molecular weight is 234 g/mol. The molecule has 0 saturated heterocycles. The van der Waals surface area contributed by atoms with Crippen LogP contribution in [0, 0.1) is 20.8 Å². The molecule has 0 fully saturated rings. The molecule has 1 aromatic rings. The second-order valence-electron chi connectivity index (χ2n) is 4.04. The Morgan fingerprint density at radius 2 is 1.82 bits per heavy atom. The number of aliphatic carboxylic acids is 1. The van der Waals surface area contributed by atoms with Gasteiger partial charge in [0.2, 0.25) is 5.76 Å². The van der Waals surface area contributed by atoms with Crippen molar-refractivity contribution in [2.45, 2.75) is 27.7 Å². The average Bonchev–Trinajstić information content (AvgIpc) is 2.24. The van der Waals surface area contributed by atoms with Crippen LogP contribution in [0.1, 0.15) is 29.2 Å². The summed E-state index contributed by atoms with van der Waals surface area (Å²) in [6.45, 7) is 8.12. The molecule has 0 heterocycles. The monoisotopic (exact) mass is 234 g/mol. The number of aryl methyl sites for hydroxylation is 3. The molecule has 0 bridgehead atoms. The van der Waals surface area contributed by atoms with E-state index in [1.54, 1.807) is 13.0 Å². The van der Waals surface area contributed by atoms with Crippen molar-refractivity contribution in [3.05, 3.63) is 40.1 Å². The molecule has 0 unspecified atom stereocenters. The molecule has 1 aromatic carbocycles. The third-order valence-corrected chi connectivity index (χ3v) is 2.68. The SMILES string of the molecule is CCOC(=Cc1cc(C)c(C)cc1C)C(=O)O. The van der Waals surface area contributed by atoms with Crippen LogP contribution < -0.4 is 0 Å². The number of benzene rings is 1. The van der Waals surface area contributed by atoms with Crippen LogP contribution in [0.25, 0.3) is 6.08 Å². The van der Waals surface area contributed by atoms with Crippen LogP contribution in [0.5, 0.6) is 0 Å². The van der Waals surface area contributed by atoms with Gasteiger partial charge in [-0.15, -0.1) is 0 Å². The lowest BCUT2D eigenvalue weighted by Gasteiger charge is -2.08. The van der Waals surface area contributed by atoms with E-state index in [0.717, 1.165) is 16.7 Å². The fourth-order valence-electron chi connectivity index (χ4n) is 1.60. The second kappa shape index (κ2) is 5.53. The van der Waals surface area contributed by atoms with Crippen molar-refractivity contribution < 1.29 is 14.6 Å². The molecule has 0 atom stereocenters. The summed E-state index contributed by atoms with van der Waals surface area (Å²) < 4.78 is 5.09. The molecule has 0 spiro atoms. The maximum Gasteiger partial charge on any atom is 0.371 e. The van der Waals surface area contributed by atoms with Crippen molar-refractivity contribution in [2.75, 3.05) is 6.61 Å². The Morgan fingerprint density at radius 1 is 1.24 bits per heavy atom. The van der Waals surface area contributed by atoms with Gasteiger partial charge in [-0.1, -0.05) is 12.1 Å². The van der Waals surface area contributed by atoms with Gasteiger partial charge in [-0.25, -0.2) is 4.79 Å². The van der Waals surface area contributed by atoms with E-state index in [0.29, 0.717) is 6.61 Å². The third kappa shape index (κ3) is 3.34. The van der Waals surface area contributed by atoms with Gasteiger partial charge in [-0.3, -0.25) is 0 Å². The lowest BCUT2D eigenvalue weighted by molar-refractivity contribution is -0.136. The first-order valence-corrected chi connectivity index (χ1v) is 5.61. The molecule has 3 nitrogen and oxygen atoms in total. The smallest absolute Gasteiger partial charge is 0.371 e. The summed E-state index contributed by atoms with van der Waals surface area (Å²) in [4.78, 5) is 11.0. The first-order valence-electron chi connectivity index (χ1n) is 5.61. The molecule has 92 valence electrons. The van der Waals surface area contributed by atoms with Gasteiger partial charge in [-0.2, -0.15) is 0 Å². The summed E-state index contributed by atoms with van der Waals surface area (Å²) in [5.41, 5.74) is 4.28. The fourth-order valence-corrected chi connectivity index (χ4v) is 1.60. The Hall–Kier alpha value is -1.77. The van der Waals surface area contributed by atoms with Crippen molar-refractivity contribution in [3.63, 3.8) is 0 Å². The molecule has 0 aliphatic rings. The van der Waals surface area contributed by atoms with Crippen LogP contribution in [-0.4, -0.2) is 17.7 Å². The summed E-state index contributed by atoms with van der Waals surface area (Å²) in [6.07, 6.45) is 1.58. The first-order chi connectivity index (χ1) is 7.95. The Kier molecular flexibility index (Phi) is 4.32. The fraction of sp³-hybridized carbons (Fsp3) is 0.357. The molecule has 0 aliphatic heterocycles. The van der Waals surface area contributed by atoms with Crippen LogP contribution in [-0.2, 0) is 9.53 Å². The van der Waals surface area contributed by atoms with Gasteiger partial charge >= 0.3 is 5.97 Å². The number of carboxylic acids is 1. The van der Waals surface area contributed by atoms with E-state index >= 15 is 0 Å². The van der Waals surface area contributed by atoms with Crippen LogP contribution in [0.15, 0.2) is 17.9 Å². The van der Waals surface area contributed by atoms with Crippen LogP contribution in [0.4, 0.5) is 0 Å². The molecule has 0 aliphatic carbocycles. The maximum absolute atomic E-state index is 11.0. The van der Waals surface area contributed by atoms with Gasteiger partial charge in [0.05, 0.1) is 6.61 Å². The highest BCUT2D eigenvalue weighted by Gasteiger charge is 2.09. The first kappa shape index (κ1) is 13.3. The minimum absolute atomic E-state index is 0.0150. The molecule has 1 rings (SSSR count). The zero-order valence-electron chi connectivity index (χ0n) is 10.7. The predicted molar refractivity (Wildman–Crippen MR) is 67.9 cm³/mol. The summed E-state index contributed by atoms with van der Waals surface area (Å²) in [5, 5.41) is 8.99. The minimum Gasteiger partial charge on any atom is -0.487 e. The van der Waals surface area contributed by atoms with Gasteiger partial charge in [0.1, 0.15) is 0 Å². The number of ether oxygens (including phenoxy) is 1. The third-order valence-electron chi connectivity index (χ3n) is 2.68. The van der Waals surface area contributed by atoms with E-state index in [2.05, 4.69) is 0 Å². The Morgan fingerprint density at radius 3 is 2.35 bits per heavy atom. The standard InChI is InChI=1S/C14H18O3/c1-5-17-13(14(15)16)8-12-7-10(3)9(2)6-11(12)4/h6-8H,5H2,1-4H3,(H,15,16). The molecule has 3 heteroatoms. The van der Waals surface area contributed by atoms with E-state index in [1.807, 2.05) is 32.9 Å². The number of carboxylic acid groups (broad SMARTS) is 1. The van der Waals surface area contributed by atoms with E-state index < -0.39 is 5.97 Å². The zero-order valence-corrected chi connectivity index (χ0v) is 10.7. The number of carbonyl (C=O) groups is 1. The lowest BCUT2D eigenvalue weighted by Crippen LogP contribution is -2.05. The highest BCUT2D eigenvalue weighted by Crippen LogP contribution is 2.18. The quantitative estimate of drug-likeness (QED) is 0.643. The van der Waals surface area contributed by atoms with E-state index in [4.69, 9.17) is 9.84 Å². The second-order valence-corrected chi connectivity index (χ2v) is 4.04. The number of rotatable bonds is 4. The summed E-state index contributed by atoms with van der Waals surface area (Å²) in [5.74, 6) is -1.05. The highest BCUT2D eigenvalue weighted by atomic mass is 16.5.